The highest BCUT2D eigenvalue weighted by Gasteiger charge is 2.46. The zero-order chi connectivity index (χ0) is 27.8. The van der Waals surface area contributed by atoms with E-state index in [9.17, 15) is 4.79 Å². The van der Waals surface area contributed by atoms with Crippen LogP contribution in [0.3, 0.4) is 0 Å². The summed E-state index contributed by atoms with van der Waals surface area (Å²) in [5.74, 6) is 2.76. The number of esters is 1. The monoisotopic (exact) mass is 546 g/mol. The molecular weight excluding hydrogens is 516 g/mol. The number of aromatic nitrogens is 7. The standard InChI is InChI=1S/C27H30N8O5/c1-5-38-25-19(14-35(33-25)20-10-16(20)27(36)37-4)17-12-29-23-11-21(17)40-15(2)7-9-39-26-18(13-30-34(26)3)24-28-8-6-22(31-23)32-24/h6,8,11-16,20H,5,7,9-10H2,1-4H3,(H,28,29,31,32)/t15-,16?,20?/m0/s1. The van der Waals surface area contributed by atoms with Crippen molar-refractivity contribution in [2.24, 2.45) is 13.0 Å². The van der Waals surface area contributed by atoms with Crippen molar-refractivity contribution in [1.29, 1.82) is 0 Å². The minimum absolute atomic E-state index is 0.0795. The van der Waals surface area contributed by atoms with Crippen LogP contribution < -0.4 is 19.5 Å². The number of hydrogen-bond acceptors (Lipinski definition) is 11. The van der Waals surface area contributed by atoms with Gasteiger partial charge >= 0.3 is 5.97 Å². The first-order valence-electron chi connectivity index (χ1n) is 13.2. The van der Waals surface area contributed by atoms with Gasteiger partial charge < -0.3 is 24.3 Å². The molecule has 6 rings (SSSR count). The summed E-state index contributed by atoms with van der Waals surface area (Å²) < 4.78 is 26.8. The molecule has 0 saturated heterocycles. The lowest BCUT2D eigenvalue weighted by Crippen LogP contribution is -2.17. The lowest BCUT2D eigenvalue weighted by Gasteiger charge is -2.19. The Kier molecular flexibility index (Phi) is 6.70. The fraction of sp³-hybridized carbons (Fsp3) is 0.407. The first kappa shape index (κ1) is 25.6. The molecule has 0 radical (unpaired) electrons. The van der Waals surface area contributed by atoms with Crippen LogP contribution in [0.1, 0.15) is 32.7 Å². The molecule has 0 spiro atoms. The summed E-state index contributed by atoms with van der Waals surface area (Å²) in [6.07, 6.45) is 8.04. The van der Waals surface area contributed by atoms with Gasteiger partial charge in [-0.1, -0.05) is 0 Å². The smallest absolute Gasteiger partial charge is 0.310 e. The van der Waals surface area contributed by atoms with Gasteiger partial charge in [-0.3, -0.25) is 9.48 Å². The van der Waals surface area contributed by atoms with Crippen LogP contribution in [0, 0.1) is 5.92 Å². The van der Waals surface area contributed by atoms with E-state index in [1.807, 2.05) is 33.2 Å². The van der Waals surface area contributed by atoms with Crippen LogP contribution in [-0.2, 0) is 16.6 Å². The van der Waals surface area contributed by atoms with Crippen LogP contribution in [0.15, 0.2) is 36.9 Å². The maximum Gasteiger partial charge on any atom is 0.310 e. The SMILES string of the molecule is CCOc1nn(C2CC2C(=O)OC)cc1-c1cnc2cc1O[C@@H](C)CCOc1c(cnn1C)-c1nccc(n1)N2. The second-order valence-electron chi connectivity index (χ2n) is 9.70. The third kappa shape index (κ3) is 4.90. The molecule has 40 heavy (non-hydrogen) atoms. The Labute approximate surface area is 230 Å². The predicted octanol–water partition coefficient (Wildman–Crippen LogP) is 3.56. The number of ether oxygens (including phenoxy) is 4. The largest absolute Gasteiger partial charge is 0.490 e. The molecule has 2 aliphatic rings. The summed E-state index contributed by atoms with van der Waals surface area (Å²) in [5, 5.41) is 12.2. The van der Waals surface area contributed by atoms with Gasteiger partial charge in [0.15, 0.2) is 5.82 Å². The highest BCUT2D eigenvalue weighted by Crippen LogP contribution is 2.46. The van der Waals surface area contributed by atoms with Gasteiger partial charge in [-0.05, 0) is 26.3 Å². The Morgan fingerprint density at radius 3 is 2.90 bits per heavy atom. The molecule has 13 nitrogen and oxygen atoms in total. The highest BCUT2D eigenvalue weighted by molar-refractivity contribution is 5.77. The third-order valence-corrected chi connectivity index (χ3v) is 6.86. The van der Waals surface area contributed by atoms with Gasteiger partial charge in [0, 0.05) is 43.7 Å². The Balaban J connectivity index is 1.38. The number of nitrogens with zero attached hydrogens (tertiary/aromatic N) is 7. The molecule has 4 bridgehead atoms. The Morgan fingerprint density at radius 1 is 1.20 bits per heavy atom. The van der Waals surface area contributed by atoms with E-state index >= 15 is 0 Å². The highest BCUT2D eigenvalue weighted by atomic mass is 16.5. The quantitative estimate of drug-likeness (QED) is 0.367. The van der Waals surface area contributed by atoms with Gasteiger partial charge in [-0.15, -0.1) is 5.10 Å². The molecule has 1 N–H and O–H groups in total. The lowest BCUT2D eigenvalue weighted by molar-refractivity contribution is -0.142. The number of anilines is 2. The maximum absolute atomic E-state index is 12.0. The summed E-state index contributed by atoms with van der Waals surface area (Å²) >= 11 is 0. The Bertz CT molecular complexity index is 1550. The number of carbonyl (C=O) groups excluding carboxylic acids is 1. The molecule has 0 aromatic carbocycles. The summed E-state index contributed by atoms with van der Waals surface area (Å²) in [7, 11) is 3.21. The molecule has 1 fully saturated rings. The van der Waals surface area contributed by atoms with Gasteiger partial charge in [0.1, 0.15) is 22.9 Å². The summed E-state index contributed by atoms with van der Waals surface area (Å²) in [4.78, 5) is 25.8. The number of aryl methyl sites for hydroxylation is 1. The van der Waals surface area contributed by atoms with Crippen LogP contribution in [-0.4, -0.2) is 66.9 Å². The van der Waals surface area contributed by atoms with Gasteiger partial charge in [-0.25, -0.2) is 19.6 Å². The van der Waals surface area contributed by atoms with Crippen LogP contribution in [0.5, 0.6) is 17.5 Å². The molecule has 5 heterocycles. The fourth-order valence-electron chi connectivity index (χ4n) is 4.69. The van der Waals surface area contributed by atoms with Crippen molar-refractivity contribution in [3.63, 3.8) is 0 Å². The maximum atomic E-state index is 12.0. The Hall–Kier alpha value is -4.68. The molecule has 1 aliphatic carbocycles. The van der Waals surface area contributed by atoms with Crippen molar-refractivity contribution in [1.82, 2.24) is 34.5 Å². The molecule has 3 atom stereocenters. The molecular formula is C27H30N8O5. The van der Waals surface area contributed by atoms with E-state index < -0.39 is 0 Å². The summed E-state index contributed by atoms with van der Waals surface area (Å²) in [6, 6.07) is 3.51. The van der Waals surface area contributed by atoms with Gasteiger partial charge in [-0.2, -0.15) is 5.10 Å². The second kappa shape index (κ2) is 10.5. The van der Waals surface area contributed by atoms with Crippen molar-refractivity contribution < 1.29 is 23.7 Å². The van der Waals surface area contributed by atoms with E-state index in [1.54, 1.807) is 34.0 Å². The van der Waals surface area contributed by atoms with Crippen molar-refractivity contribution >= 4 is 17.6 Å². The number of nitrogens with one attached hydrogen (secondary N) is 1. The first-order valence-corrected chi connectivity index (χ1v) is 13.2. The fourth-order valence-corrected chi connectivity index (χ4v) is 4.69. The van der Waals surface area contributed by atoms with Gasteiger partial charge in [0.05, 0.1) is 50.1 Å². The van der Waals surface area contributed by atoms with Crippen molar-refractivity contribution in [3.05, 3.63) is 36.9 Å². The third-order valence-electron chi connectivity index (χ3n) is 6.86. The first-order chi connectivity index (χ1) is 19.4. The van der Waals surface area contributed by atoms with E-state index in [0.717, 1.165) is 5.56 Å². The van der Waals surface area contributed by atoms with Crippen LogP contribution in [0.4, 0.5) is 11.6 Å². The molecule has 0 amide bonds. The van der Waals surface area contributed by atoms with Crippen molar-refractivity contribution in [2.75, 3.05) is 25.6 Å². The predicted molar refractivity (Wildman–Crippen MR) is 144 cm³/mol. The zero-order valence-electron chi connectivity index (χ0n) is 22.7. The van der Waals surface area contributed by atoms with E-state index in [1.165, 1.54) is 7.11 Å². The number of rotatable bonds is 5. The van der Waals surface area contributed by atoms with E-state index in [4.69, 9.17) is 18.9 Å². The summed E-state index contributed by atoms with van der Waals surface area (Å²) in [6.45, 7) is 4.71. The van der Waals surface area contributed by atoms with Crippen LogP contribution in [0.2, 0.25) is 0 Å². The minimum Gasteiger partial charge on any atom is -0.490 e. The molecule has 1 saturated carbocycles. The van der Waals surface area contributed by atoms with E-state index in [0.29, 0.717) is 72.2 Å². The Morgan fingerprint density at radius 2 is 2.08 bits per heavy atom. The molecule has 1 aliphatic heterocycles. The second-order valence-corrected chi connectivity index (χ2v) is 9.70. The van der Waals surface area contributed by atoms with Crippen molar-refractivity contribution in [3.8, 4) is 40.0 Å². The average Bonchev–Trinajstić information content (AvgIpc) is 3.52. The normalized spacial score (nSPS) is 19.8. The zero-order valence-corrected chi connectivity index (χ0v) is 22.7. The van der Waals surface area contributed by atoms with Gasteiger partial charge in [0.25, 0.3) is 0 Å². The number of methoxy groups -OCH3 is 1. The van der Waals surface area contributed by atoms with Gasteiger partial charge in [0.2, 0.25) is 11.8 Å². The minimum atomic E-state index is -0.239. The lowest BCUT2D eigenvalue weighted by atomic mass is 10.1. The number of pyridine rings is 1. The molecule has 4 aromatic heterocycles. The molecule has 2 unspecified atom stereocenters. The number of fused-ring (bicyclic) bond motifs is 6. The molecule has 208 valence electrons. The van der Waals surface area contributed by atoms with E-state index in [-0.39, 0.29) is 24.0 Å². The number of carbonyl (C=O) groups is 1. The number of hydrogen-bond donors (Lipinski definition) is 1. The topological polar surface area (TPSA) is 140 Å². The van der Waals surface area contributed by atoms with Crippen molar-refractivity contribution in [2.45, 2.75) is 38.8 Å². The molecule has 4 aromatic rings. The molecule has 13 heteroatoms. The van der Waals surface area contributed by atoms with E-state index in [2.05, 4.69) is 30.5 Å². The van der Waals surface area contributed by atoms with Crippen LogP contribution in [0.25, 0.3) is 22.5 Å². The summed E-state index contributed by atoms with van der Waals surface area (Å²) in [5.41, 5.74) is 2.14. The van der Waals surface area contributed by atoms with Crippen LogP contribution >= 0.6 is 0 Å². The average molecular weight is 547 g/mol.